The molecule has 0 aliphatic carbocycles. The van der Waals surface area contributed by atoms with Gasteiger partial charge in [-0.2, -0.15) is 5.26 Å². The van der Waals surface area contributed by atoms with E-state index in [-0.39, 0.29) is 5.75 Å². The summed E-state index contributed by atoms with van der Waals surface area (Å²) in [6, 6.07) is 9.40. The highest BCUT2D eigenvalue weighted by Gasteiger charge is 2.31. The van der Waals surface area contributed by atoms with Gasteiger partial charge < -0.3 is 10.5 Å². The largest absolute Gasteiger partial charge is 0.573 e. The molecule has 0 aliphatic heterocycles. The average molecular weight is 392 g/mol. The van der Waals surface area contributed by atoms with Crippen molar-refractivity contribution >= 4 is 17.4 Å². The molecule has 0 aromatic heterocycles. The maximum absolute atomic E-state index is 12.3. The van der Waals surface area contributed by atoms with Gasteiger partial charge in [0.25, 0.3) is 0 Å². The number of ether oxygens (including phenoxy) is 1. The number of allylic oxidation sites excluding steroid dienone is 1. The van der Waals surface area contributed by atoms with Gasteiger partial charge in [0.1, 0.15) is 11.8 Å². The van der Waals surface area contributed by atoms with Crippen LogP contribution in [0.15, 0.2) is 46.2 Å². The van der Waals surface area contributed by atoms with Gasteiger partial charge in [0, 0.05) is 4.90 Å². The number of alkyl halides is 3. The summed E-state index contributed by atoms with van der Waals surface area (Å²) in [7, 11) is 0. The zero-order valence-electron chi connectivity index (χ0n) is 15.1. The molecule has 2 aromatic carbocycles. The fourth-order valence-electron chi connectivity index (χ4n) is 2.42. The lowest BCUT2D eigenvalue weighted by Gasteiger charge is -2.15. The number of halogens is 3. The standard InChI is InChI=1S/C20H19F3N2OS/c1-4-12(2)11-27-19-13(3)16(9-18(25)17(19)10-24)14-5-7-15(8-6-14)26-20(21,22)23/h5-9,11H,4,25H2,1-3H3/b12-11+. The highest BCUT2D eigenvalue weighted by atomic mass is 32.2. The van der Waals surface area contributed by atoms with Gasteiger partial charge in [-0.25, -0.2) is 0 Å². The Morgan fingerprint density at radius 1 is 1.30 bits per heavy atom. The lowest BCUT2D eigenvalue weighted by molar-refractivity contribution is -0.274. The van der Waals surface area contributed by atoms with Crippen molar-refractivity contribution in [3.05, 3.63) is 52.4 Å². The highest BCUT2D eigenvalue weighted by molar-refractivity contribution is 8.02. The number of nitrogens with two attached hydrogens (primary N) is 1. The van der Waals surface area contributed by atoms with Gasteiger partial charge in [-0.05, 0) is 60.6 Å². The van der Waals surface area contributed by atoms with Crippen LogP contribution >= 0.6 is 11.8 Å². The summed E-state index contributed by atoms with van der Waals surface area (Å²) in [6.45, 7) is 5.91. The third-order valence-electron chi connectivity index (χ3n) is 4.01. The minimum absolute atomic E-state index is 0.290. The van der Waals surface area contributed by atoms with Crippen LogP contribution in [-0.2, 0) is 0 Å². The summed E-state index contributed by atoms with van der Waals surface area (Å²) in [5.41, 5.74) is 10.3. The zero-order valence-corrected chi connectivity index (χ0v) is 16.0. The van der Waals surface area contributed by atoms with E-state index < -0.39 is 6.36 Å². The number of hydrogen-bond donors (Lipinski definition) is 1. The quantitative estimate of drug-likeness (QED) is 0.471. The van der Waals surface area contributed by atoms with Crippen molar-refractivity contribution in [3.63, 3.8) is 0 Å². The van der Waals surface area contributed by atoms with E-state index in [9.17, 15) is 18.4 Å². The first kappa shape index (κ1) is 20.7. The molecule has 7 heteroatoms. The molecular formula is C20H19F3N2OS. The number of benzene rings is 2. The van der Waals surface area contributed by atoms with Crippen LogP contribution in [0.2, 0.25) is 0 Å². The summed E-state index contributed by atoms with van der Waals surface area (Å²) < 4.78 is 40.9. The van der Waals surface area contributed by atoms with E-state index in [0.717, 1.165) is 22.4 Å². The van der Waals surface area contributed by atoms with Gasteiger partial charge in [-0.3, -0.25) is 0 Å². The number of anilines is 1. The first-order valence-corrected chi connectivity index (χ1v) is 9.06. The molecular weight excluding hydrogens is 373 g/mol. The van der Waals surface area contributed by atoms with E-state index >= 15 is 0 Å². The van der Waals surface area contributed by atoms with Gasteiger partial charge >= 0.3 is 6.36 Å². The monoisotopic (exact) mass is 392 g/mol. The Hall–Kier alpha value is -2.59. The maximum atomic E-state index is 12.3. The Kier molecular flexibility index (Phi) is 6.45. The molecule has 0 saturated carbocycles. The molecule has 0 bridgehead atoms. The molecule has 2 rings (SSSR count). The van der Waals surface area contributed by atoms with Crippen LogP contribution in [0.4, 0.5) is 18.9 Å². The van der Waals surface area contributed by atoms with Crippen LogP contribution in [0.5, 0.6) is 5.75 Å². The SMILES string of the molecule is CC/C(C)=C/Sc1c(C)c(-c2ccc(OC(F)(F)F)cc2)cc(N)c1C#N. The third kappa shape index (κ3) is 5.20. The maximum Gasteiger partial charge on any atom is 0.573 e. The number of hydrogen-bond acceptors (Lipinski definition) is 4. The van der Waals surface area contributed by atoms with Crippen LogP contribution in [0, 0.1) is 18.3 Å². The molecule has 0 spiro atoms. The van der Waals surface area contributed by atoms with Crippen molar-refractivity contribution in [1.29, 1.82) is 5.26 Å². The summed E-state index contributed by atoms with van der Waals surface area (Å²) in [4.78, 5) is 0.746. The Bertz CT molecular complexity index is 897. The van der Waals surface area contributed by atoms with Crippen molar-refractivity contribution in [2.75, 3.05) is 5.73 Å². The normalized spacial score (nSPS) is 12.0. The van der Waals surface area contributed by atoms with Crippen molar-refractivity contribution in [3.8, 4) is 22.9 Å². The highest BCUT2D eigenvalue weighted by Crippen LogP contribution is 2.39. The van der Waals surface area contributed by atoms with E-state index in [4.69, 9.17) is 5.73 Å². The first-order valence-electron chi connectivity index (χ1n) is 8.18. The third-order valence-corrected chi connectivity index (χ3v) is 5.27. The molecule has 2 N–H and O–H groups in total. The molecule has 0 amide bonds. The summed E-state index contributed by atoms with van der Waals surface area (Å²) >= 11 is 1.43. The van der Waals surface area contributed by atoms with E-state index in [2.05, 4.69) is 10.8 Å². The second kappa shape index (κ2) is 8.40. The van der Waals surface area contributed by atoms with Crippen LogP contribution in [0.25, 0.3) is 11.1 Å². The molecule has 0 radical (unpaired) electrons. The number of nitriles is 1. The minimum atomic E-state index is -4.73. The van der Waals surface area contributed by atoms with Crippen molar-refractivity contribution in [2.24, 2.45) is 0 Å². The first-order chi connectivity index (χ1) is 12.7. The Morgan fingerprint density at radius 3 is 2.44 bits per heavy atom. The molecule has 3 nitrogen and oxygen atoms in total. The molecule has 0 atom stereocenters. The summed E-state index contributed by atoms with van der Waals surface area (Å²) in [6.07, 6.45) is -3.84. The fourth-order valence-corrected chi connectivity index (χ4v) is 3.47. The smallest absolute Gasteiger partial charge is 0.406 e. The van der Waals surface area contributed by atoms with Crippen molar-refractivity contribution < 1.29 is 17.9 Å². The topological polar surface area (TPSA) is 59.0 Å². The number of nitrogens with zero attached hydrogens (tertiary/aromatic N) is 1. The molecule has 27 heavy (non-hydrogen) atoms. The van der Waals surface area contributed by atoms with Crippen molar-refractivity contribution in [2.45, 2.75) is 38.4 Å². The van der Waals surface area contributed by atoms with Crippen LogP contribution < -0.4 is 10.5 Å². The van der Waals surface area contributed by atoms with Crippen molar-refractivity contribution in [1.82, 2.24) is 0 Å². The number of nitrogen functional groups attached to an aromatic ring is 1. The zero-order chi connectivity index (χ0) is 20.2. The van der Waals surface area contributed by atoms with E-state index in [1.807, 2.05) is 26.2 Å². The van der Waals surface area contributed by atoms with Crippen LogP contribution in [0.3, 0.4) is 0 Å². The second-order valence-electron chi connectivity index (χ2n) is 5.96. The lowest BCUT2D eigenvalue weighted by Crippen LogP contribution is -2.16. The molecule has 0 aliphatic rings. The Balaban J connectivity index is 2.49. The van der Waals surface area contributed by atoms with Gasteiger partial charge in [0.05, 0.1) is 11.3 Å². The molecule has 0 unspecified atom stereocenters. The van der Waals surface area contributed by atoms with Crippen LogP contribution in [-0.4, -0.2) is 6.36 Å². The predicted molar refractivity (Wildman–Crippen MR) is 102 cm³/mol. The minimum Gasteiger partial charge on any atom is -0.406 e. The van der Waals surface area contributed by atoms with E-state index in [0.29, 0.717) is 16.8 Å². The van der Waals surface area contributed by atoms with Gasteiger partial charge in [-0.1, -0.05) is 36.4 Å². The molecule has 0 heterocycles. The lowest BCUT2D eigenvalue weighted by atomic mass is 9.97. The number of rotatable bonds is 5. The van der Waals surface area contributed by atoms with E-state index in [1.165, 1.54) is 41.6 Å². The second-order valence-corrected chi connectivity index (χ2v) is 6.84. The predicted octanol–water partition coefficient (Wildman–Crippen LogP) is 6.42. The Labute approximate surface area is 160 Å². The molecule has 142 valence electrons. The van der Waals surface area contributed by atoms with Gasteiger partial charge in [-0.15, -0.1) is 13.2 Å². The molecule has 0 saturated heterocycles. The van der Waals surface area contributed by atoms with Gasteiger partial charge in [0.2, 0.25) is 0 Å². The van der Waals surface area contributed by atoms with Gasteiger partial charge in [0.15, 0.2) is 0 Å². The van der Waals surface area contributed by atoms with E-state index in [1.54, 1.807) is 6.07 Å². The summed E-state index contributed by atoms with van der Waals surface area (Å²) in [5.74, 6) is -0.290. The van der Waals surface area contributed by atoms with Crippen LogP contribution in [0.1, 0.15) is 31.4 Å². The fraction of sp³-hybridized carbons (Fsp3) is 0.250. The molecule has 2 aromatic rings. The number of thioether (sulfide) groups is 1. The Morgan fingerprint density at radius 2 is 1.93 bits per heavy atom. The molecule has 0 fully saturated rings. The summed E-state index contributed by atoms with van der Waals surface area (Å²) in [5, 5.41) is 11.4. The average Bonchev–Trinajstić information content (AvgIpc) is 2.61.